The summed E-state index contributed by atoms with van der Waals surface area (Å²) in [7, 11) is 1.64. The predicted molar refractivity (Wildman–Crippen MR) is 55.2 cm³/mol. The summed E-state index contributed by atoms with van der Waals surface area (Å²) in [6.07, 6.45) is 2.45. The summed E-state index contributed by atoms with van der Waals surface area (Å²) in [6.45, 7) is 5.18. The van der Waals surface area contributed by atoms with E-state index in [2.05, 4.69) is 10.2 Å². The van der Waals surface area contributed by atoms with Crippen LogP contribution in [-0.4, -0.2) is 50.2 Å². The molecule has 0 saturated carbocycles. The van der Waals surface area contributed by atoms with Crippen molar-refractivity contribution in [2.75, 3.05) is 33.4 Å². The number of ether oxygens (including phenoxy) is 1. The molecule has 1 amide bonds. The molecule has 0 aromatic heterocycles. The highest BCUT2D eigenvalue weighted by atomic mass is 16.5. The van der Waals surface area contributed by atoms with Crippen LogP contribution in [0.25, 0.3) is 0 Å². The molecule has 1 N–H and O–H groups in total. The Hall–Kier alpha value is -0.610. The number of methoxy groups -OCH3 is 1. The normalized spacial score (nSPS) is 19.6. The number of likely N-dealkylation sites (tertiary alicyclic amines) is 1. The lowest BCUT2D eigenvalue weighted by Gasteiger charge is -2.17. The van der Waals surface area contributed by atoms with Crippen LogP contribution in [0.15, 0.2) is 0 Å². The third-order valence-electron chi connectivity index (χ3n) is 2.39. The first-order valence-corrected chi connectivity index (χ1v) is 5.23. The lowest BCUT2D eigenvalue weighted by atomic mass is 10.3. The zero-order valence-electron chi connectivity index (χ0n) is 9.08. The molecular weight excluding hydrogens is 180 g/mol. The second kappa shape index (κ2) is 5.98. The van der Waals surface area contributed by atoms with Crippen LogP contribution in [0.2, 0.25) is 0 Å². The zero-order chi connectivity index (χ0) is 10.4. The van der Waals surface area contributed by atoms with Crippen molar-refractivity contribution in [2.24, 2.45) is 0 Å². The summed E-state index contributed by atoms with van der Waals surface area (Å²) in [5, 5.41) is 2.90. The molecule has 0 spiro atoms. The highest BCUT2D eigenvalue weighted by Crippen LogP contribution is 2.05. The van der Waals surface area contributed by atoms with Crippen LogP contribution in [0, 0.1) is 0 Å². The van der Waals surface area contributed by atoms with Crippen LogP contribution in [0.1, 0.15) is 19.8 Å². The van der Waals surface area contributed by atoms with E-state index in [9.17, 15) is 4.79 Å². The lowest BCUT2D eigenvalue weighted by Crippen LogP contribution is -2.41. The van der Waals surface area contributed by atoms with Crippen molar-refractivity contribution in [1.29, 1.82) is 0 Å². The summed E-state index contributed by atoms with van der Waals surface area (Å²) >= 11 is 0. The molecule has 1 saturated heterocycles. The summed E-state index contributed by atoms with van der Waals surface area (Å²) < 4.78 is 4.95. The highest BCUT2D eigenvalue weighted by Gasteiger charge is 2.15. The van der Waals surface area contributed by atoms with Gasteiger partial charge in [-0.05, 0) is 32.9 Å². The van der Waals surface area contributed by atoms with Gasteiger partial charge in [0.15, 0.2) is 0 Å². The van der Waals surface area contributed by atoms with Gasteiger partial charge in [0.25, 0.3) is 0 Å². The van der Waals surface area contributed by atoms with Crippen LogP contribution in [0.3, 0.4) is 0 Å². The number of carbonyl (C=O) groups is 1. The molecule has 1 fully saturated rings. The molecule has 1 rings (SSSR count). The summed E-state index contributed by atoms with van der Waals surface area (Å²) in [4.78, 5) is 13.7. The zero-order valence-corrected chi connectivity index (χ0v) is 9.08. The van der Waals surface area contributed by atoms with Crippen LogP contribution in [-0.2, 0) is 9.53 Å². The number of hydrogen-bond acceptors (Lipinski definition) is 3. The number of rotatable bonds is 5. The second-order valence-electron chi connectivity index (χ2n) is 3.91. The molecular formula is C10H20N2O2. The van der Waals surface area contributed by atoms with E-state index < -0.39 is 0 Å². The molecule has 0 bridgehead atoms. The van der Waals surface area contributed by atoms with Gasteiger partial charge in [-0.2, -0.15) is 0 Å². The van der Waals surface area contributed by atoms with Gasteiger partial charge in [0, 0.05) is 13.2 Å². The minimum Gasteiger partial charge on any atom is -0.383 e. The average molecular weight is 200 g/mol. The molecule has 1 unspecified atom stereocenters. The lowest BCUT2D eigenvalue weighted by molar-refractivity contribution is -0.122. The van der Waals surface area contributed by atoms with E-state index in [0.717, 1.165) is 13.1 Å². The Bertz CT molecular complexity index is 179. The van der Waals surface area contributed by atoms with Gasteiger partial charge in [-0.1, -0.05) is 0 Å². The van der Waals surface area contributed by atoms with Crippen molar-refractivity contribution in [3.8, 4) is 0 Å². The van der Waals surface area contributed by atoms with Gasteiger partial charge in [-0.25, -0.2) is 0 Å². The standard InChI is InChI=1S/C10H20N2O2/c1-9(8-14-2)11-10(13)7-12-5-3-4-6-12/h9H,3-8H2,1-2H3,(H,11,13). The van der Waals surface area contributed by atoms with E-state index in [0.29, 0.717) is 13.2 Å². The smallest absolute Gasteiger partial charge is 0.234 e. The van der Waals surface area contributed by atoms with Crippen molar-refractivity contribution in [3.63, 3.8) is 0 Å². The third kappa shape index (κ3) is 4.07. The minimum absolute atomic E-state index is 0.107. The average Bonchev–Trinajstić information content (AvgIpc) is 2.56. The Morgan fingerprint density at radius 2 is 2.14 bits per heavy atom. The number of nitrogens with one attached hydrogen (secondary N) is 1. The molecule has 1 aliphatic heterocycles. The van der Waals surface area contributed by atoms with Crippen LogP contribution >= 0.6 is 0 Å². The Morgan fingerprint density at radius 1 is 1.50 bits per heavy atom. The van der Waals surface area contributed by atoms with E-state index in [4.69, 9.17) is 4.74 Å². The van der Waals surface area contributed by atoms with E-state index >= 15 is 0 Å². The van der Waals surface area contributed by atoms with Crippen LogP contribution in [0.4, 0.5) is 0 Å². The fourth-order valence-corrected chi connectivity index (χ4v) is 1.76. The second-order valence-corrected chi connectivity index (χ2v) is 3.91. The van der Waals surface area contributed by atoms with E-state index in [1.54, 1.807) is 7.11 Å². The number of nitrogens with zero attached hydrogens (tertiary/aromatic N) is 1. The van der Waals surface area contributed by atoms with Crippen molar-refractivity contribution in [3.05, 3.63) is 0 Å². The Kier molecular flexibility index (Phi) is 4.90. The van der Waals surface area contributed by atoms with E-state index in [1.165, 1.54) is 12.8 Å². The molecule has 1 aliphatic rings. The molecule has 14 heavy (non-hydrogen) atoms. The van der Waals surface area contributed by atoms with Gasteiger partial charge in [0.2, 0.25) is 5.91 Å². The Labute approximate surface area is 85.6 Å². The fourth-order valence-electron chi connectivity index (χ4n) is 1.76. The van der Waals surface area contributed by atoms with Gasteiger partial charge in [0.1, 0.15) is 0 Å². The molecule has 1 atom stereocenters. The molecule has 4 heteroatoms. The molecule has 0 aliphatic carbocycles. The highest BCUT2D eigenvalue weighted by molar-refractivity contribution is 5.78. The molecule has 4 nitrogen and oxygen atoms in total. The van der Waals surface area contributed by atoms with Gasteiger partial charge in [-0.3, -0.25) is 9.69 Å². The van der Waals surface area contributed by atoms with Crippen LogP contribution < -0.4 is 5.32 Å². The van der Waals surface area contributed by atoms with Crippen molar-refractivity contribution in [2.45, 2.75) is 25.8 Å². The van der Waals surface area contributed by atoms with Crippen molar-refractivity contribution in [1.82, 2.24) is 10.2 Å². The van der Waals surface area contributed by atoms with E-state index in [-0.39, 0.29) is 11.9 Å². The topological polar surface area (TPSA) is 41.6 Å². The molecule has 0 aromatic rings. The van der Waals surface area contributed by atoms with Gasteiger partial charge in [0.05, 0.1) is 13.2 Å². The first-order valence-electron chi connectivity index (χ1n) is 5.23. The molecule has 0 aromatic carbocycles. The molecule has 0 radical (unpaired) electrons. The van der Waals surface area contributed by atoms with E-state index in [1.807, 2.05) is 6.92 Å². The third-order valence-corrected chi connectivity index (χ3v) is 2.39. The number of hydrogen-bond donors (Lipinski definition) is 1. The summed E-state index contributed by atoms with van der Waals surface area (Å²) in [6, 6.07) is 0.107. The first kappa shape index (κ1) is 11.5. The fraction of sp³-hybridized carbons (Fsp3) is 0.900. The number of carbonyl (C=O) groups excluding carboxylic acids is 1. The van der Waals surface area contributed by atoms with Gasteiger partial charge >= 0.3 is 0 Å². The van der Waals surface area contributed by atoms with Crippen molar-refractivity contribution >= 4 is 5.91 Å². The van der Waals surface area contributed by atoms with Gasteiger partial charge < -0.3 is 10.1 Å². The van der Waals surface area contributed by atoms with Crippen molar-refractivity contribution < 1.29 is 9.53 Å². The number of amides is 1. The predicted octanol–water partition coefficient (Wildman–Crippen LogP) is 0.233. The van der Waals surface area contributed by atoms with Crippen LogP contribution in [0.5, 0.6) is 0 Å². The monoisotopic (exact) mass is 200 g/mol. The maximum Gasteiger partial charge on any atom is 0.234 e. The summed E-state index contributed by atoms with van der Waals surface area (Å²) in [5.41, 5.74) is 0. The van der Waals surface area contributed by atoms with Gasteiger partial charge in [-0.15, -0.1) is 0 Å². The quantitative estimate of drug-likeness (QED) is 0.691. The first-order chi connectivity index (χ1) is 6.72. The Morgan fingerprint density at radius 3 is 2.71 bits per heavy atom. The maximum atomic E-state index is 11.5. The maximum absolute atomic E-state index is 11.5. The minimum atomic E-state index is 0.107. The SMILES string of the molecule is COCC(C)NC(=O)CN1CCCC1. The summed E-state index contributed by atoms with van der Waals surface area (Å²) in [5.74, 6) is 0.108. The molecule has 1 heterocycles. The Balaban J connectivity index is 2.14. The molecule has 82 valence electrons. The largest absolute Gasteiger partial charge is 0.383 e.